The fourth-order valence-corrected chi connectivity index (χ4v) is 1.40. The van der Waals surface area contributed by atoms with Gasteiger partial charge < -0.3 is 20.8 Å². The topological polar surface area (TPSA) is 98.7 Å². The third kappa shape index (κ3) is 4.60. The summed E-state index contributed by atoms with van der Waals surface area (Å²) in [6.07, 6.45) is 0. The highest BCUT2D eigenvalue weighted by Crippen LogP contribution is 2.03. The molecular weight excluding hydrogens is 267 g/mol. The molecular formula is C13H17FN2O4. The van der Waals surface area contributed by atoms with E-state index in [2.05, 4.69) is 10.6 Å². The summed E-state index contributed by atoms with van der Waals surface area (Å²) in [6, 6.07) is 5.07. The van der Waals surface area contributed by atoms with Crippen LogP contribution < -0.4 is 10.6 Å². The minimum Gasteiger partial charge on any atom is -0.394 e. The normalized spacial score (nSPS) is 11.0. The number of rotatable bonds is 6. The van der Waals surface area contributed by atoms with Crippen molar-refractivity contribution in [1.82, 2.24) is 10.6 Å². The molecule has 0 aliphatic carbocycles. The van der Waals surface area contributed by atoms with Crippen LogP contribution in [0.5, 0.6) is 0 Å². The van der Waals surface area contributed by atoms with Crippen LogP contribution in [0.2, 0.25) is 0 Å². The first-order chi connectivity index (χ1) is 9.40. The number of amides is 2. The number of benzene rings is 1. The summed E-state index contributed by atoms with van der Waals surface area (Å²) in [5, 5.41) is 22.7. The minimum atomic E-state index is -1.15. The van der Waals surface area contributed by atoms with E-state index in [0.29, 0.717) is 0 Å². The Balaban J connectivity index is 2.51. The third-order valence-corrected chi connectivity index (χ3v) is 2.64. The van der Waals surface area contributed by atoms with E-state index >= 15 is 0 Å². The number of nitrogens with one attached hydrogen (secondary N) is 2. The first kappa shape index (κ1) is 16.1. The van der Waals surface area contributed by atoms with Crippen molar-refractivity contribution >= 4 is 11.8 Å². The van der Waals surface area contributed by atoms with Gasteiger partial charge in [-0.05, 0) is 25.1 Å². The molecule has 4 N–H and O–H groups in total. The van der Waals surface area contributed by atoms with Crippen molar-refractivity contribution in [3.8, 4) is 0 Å². The summed E-state index contributed by atoms with van der Waals surface area (Å²) in [5.41, 5.74) is -1.05. The average molecular weight is 284 g/mol. The van der Waals surface area contributed by atoms with Gasteiger partial charge in [0.2, 0.25) is 5.91 Å². The second-order valence-electron chi connectivity index (χ2n) is 4.62. The molecule has 20 heavy (non-hydrogen) atoms. The fraction of sp³-hybridized carbons (Fsp3) is 0.385. The quantitative estimate of drug-likeness (QED) is 0.561. The summed E-state index contributed by atoms with van der Waals surface area (Å²) in [7, 11) is 0. The number of hydrogen-bond donors (Lipinski definition) is 4. The monoisotopic (exact) mass is 284 g/mol. The number of hydrogen-bond acceptors (Lipinski definition) is 4. The number of carbonyl (C=O) groups is 2. The molecule has 0 saturated carbocycles. The zero-order chi connectivity index (χ0) is 15.2. The van der Waals surface area contributed by atoms with Gasteiger partial charge in [0.25, 0.3) is 5.91 Å². The van der Waals surface area contributed by atoms with Crippen molar-refractivity contribution in [2.45, 2.75) is 12.5 Å². The smallest absolute Gasteiger partial charge is 0.251 e. The van der Waals surface area contributed by atoms with Crippen molar-refractivity contribution in [2.24, 2.45) is 0 Å². The lowest BCUT2D eigenvalue weighted by atomic mass is 10.1. The van der Waals surface area contributed by atoms with Crippen LogP contribution in [0.15, 0.2) is 24.3 Å². The summed E-state index contributed by atoms with van der Waals surface area (Å²) < 4.78 is 12.9. The van der Waals surface area contributed by atoms with Gasteiger partial charge in [0.05, 0.1) is 25.3 Å². The number of carbonyl (C=O) groups excluding carboxylic acids is 2. The molecule has 1 aromatic rings. The lowest BCUT2D eigenvalue weighted by Gasteiger charge is -2.26. The highest BCUT2D eigenvalue weighted by Gasteiger charge is 2.24. The maximum absolute atomic E-state index is 12.9. The van der Waals surface area contributed by atoms with Gasteiger partial charge in [0.1, 0.15) is 5.82 Å². The molecule has 1 rings (SSSR count). The molecule has 7 heteroatoms. The van der Waals surface area contributed by atoms with Gasteiger partial charge in [0, 0.05) is 5.56 Å². The van der Waals surface area contributed by atoms with E-state index in [9.17, 15) is 14.0 Å². The largest absolute Gasteiger partial charge is 0.394 e. The SMILES string of the molecule is CC(CO)(CO)NC(=O)CNC(=O)c1cccc(F)c1. The first-order valence-electron chi connectivity index (χ1n) is 5.97. The predicted molar refractivity (Wildman–Crippen MR) is 69.5 cm³/mol. The van der Waals surface area contributed by atoms with E-state index in [4.69, 9.17) is 10.2 Å². The second kappa shape index (κ2) is 6.97. The molecule has 0 aliphatic heterocycles. The van der Waals surface area contributed by atoms with E-state index in [1.165, 1.54) is 25.1 Å². The fourth-order valence-electron chi connectivity index (χ4n) is 1.40. The van der Waals surface area contributed by atoms with Gasteiger partial charge >= 0.3 is 0 Å². The Morgan fingerprint density at radius 3 is 2.50 bits per heavy atom. The zero-order valence-corrected chi connectivity index (χ0v) is 11.0. The number of aliphatic hydroxyl groups is 2. The molecule has 2 amide bonds. The second-order valence-corrected chi connectivity index (χ2v) is 4.62. The standard InChI is InChI=1S/C13H17FN2O4/c1-13(7-17,8-18)16-11(19)6-15-12(20)9-3-2-4-10(14)5-9/h2-5,17-18H,6-8H2,1H3,(H,15,20)(H,16,19). The molecule has 0 saturated heterocycles. The lowest BCUT2D eigenvalue weighted by Crippen LogP contribution is -2.54. The van der Waals surface area contributed by atoms with Crippen LogP contribution in [0.1, 0.15) is 17.3 Å². The van der Waals surface area contributed by atoms with Crippen LogP contribution in [0, 0.1) is 5.82 Å². The minimum absolute atomic E-state index is 0.102. The van der Waals surface area contributed by atoms with Crippen LogP contribution in [-0.4, -0.2) is 47.3 Å². The van der Waals surface area contributed by atoms with Crippen LogP contribution in [0.3, 0.4) is 0 Å². The van der Waals surface area contributed by atoms with Crippen LogP contribution >= 0.6 is 0 Å². The zero-order valence-electron chi connectivity index (χ0n) is 11.0. The Bertz CT molecular complexity index is 489. The Labute approximate surface area is 115 Å². The molecule has 0 aliphatic rings. The number of halogens is 1. The number of aliphatic hydroxyl groups excluding tert-OH is 2. The Morgan fingerprint density at radius 2 is 1.95 bits per heavy atom. The van der Waals surface area contributed by atoms with Gasteiger partial charge in [-0.25, -0.2) is 4.39 Å². The molecule has 0 unspecified atom stereocenters. The maximum Gasteiger partial charge on any atom is 0.251 e. The van der Waals surface area contributed by atoms with Crippen molar-refractivity contribution in [3.63, 3.8) is 0 Å². The Kier molecular flexibility index (Phi) is 5.60. The lowest BCUT2D eigenvalue weighted by molar-refractivity contribution is -0.123. The van der Waals surface area contributed by atoms with Gasteiger partial charge in [-0.1, -0.05) is 6.07 Å². The molecule has 0 aromatic heterocycles. The molecule has 0 spiro atoms. The molecule has 0 fully saturated rings. The van der Waals surface area contributed by atoms with E-state index in [1.54, 1.807) is 0 Å². The van der Waals surface area contributed by atoms with E-state index in [-0.39, 0.29) is 12.1 Å². The highest BCUT2D eigenvalue weighted by atomic mass is 19.1. The van der Waals surface area contributed by atoms with Gasteiger partial charge in [-0.2, -0.15) is 0 Å². The van der Waals surface area contributed by atoms with Crippen molar-refractivity contribution < 1.29 is 24.2 Å². The van der Waals surface area contributed by atoms with E-state index in [0.717, 1.165) is 6.07 Å². The third-order valence-electron chi connectivity index (χ3n) is 2.64. The molecule has 1 aromatic carbocycles. The summed E-state index contributed by atoms with van der Waals surface area (Å²) in [6.45, 7) is 0.240. The summed E-state index contributed by atoms with van der Waals surface area (Å²) in [4.78, 5) is 23.2. The van der Waals surface area contributed by atoms with Gasteiger partial charge in [-0.3, -0.25) is 9.59 Å². The van der Waals surface area contributed by atoms with Crippen molar-refractivity contribution in [2.75, 3.05) is 19.8 Å². The molecule has 0 radical (unpaired) electrons. The molecule has 6 nitrogen and oxygen atoms in total. The van der Waals surface area contributed by atoms with Crippen LogP contribution in [-0.2, 0) is 4.79 Å². The molecule has 0 heterocycles. The average Bonchev–Trinajstić information content (AvgIpc) is 2.44. The highest BCUT2D eigenvalue weighted by molar-refractivity contribution is 5.96. The van der Waals surface area contributed by atoms with Crippen LogP contribution in [0.4, 0.5) is 4.39 Å². The Morgan fingerprint density at radius 1 is 1.30 bits per heavy atom. The summed E-state index contributed by atoms with van der Waals surface area (Å²) >= 11 is 0. The molecule has 110 valence electrons. The maximum atomic E-state index is 12.9. The predicted octanol–water partition coefficient (Wildman–Crippen LogP) is -0.585. The van der Waals surface area contributed by atoms with Gasteiger partial charge in [-0.15, -0.1) is 0 Å². The van der Waals surface area contributed by atoms with Crippen LogP contribution in [0.25, 0.3) is 0 Å². The van der Waals surface area contributed by atoms with Gasteiger partial charge in [0.15, 0.2) is 0 Å². The molecule has 0 atom stereocenters. The van der Waals surface area contributed by atoms with E-state index < -0.39 is 36.4 Å². The first-order valence-corrected chi connectivity index (χ1v) is 5.97. The summed E-state index contributed by atoms with van der Waals surface area (Å²) in [5.74, 6) is -1.70. The Hall–Kier alpha value is -1.99. The molecule has 0 bridgehead atoms. The van der Waals surface area contributed by atoms with E-state index in [1.807, 2.05) is 0 Å². The van der Waals surface area contributed by atoms with Crippen molar-refractivity contribution in [3.05, 3.63) is 35.6 Å². The van der Waals surface area contributed by atoms with Crippen molar-refractivity contribution in [1.29, 1.82) is 0 Å².